The standard InChI is InChI=1S/C18H22N2O3/c1-11(21)19-18(4)9-14-13-7-6-12(23-5)8-15(13)20(22)16(14)17(2,3)10-18/h6-9H,10H2,1-5H3,(H,19,21)/t18-/m1/s1. The quantitative estimate of drug-likeness (QED) is 0.674. The first-order valence-corrected chi connectivity index (χ1v) is 7.72. The van der Waals surface area contributed by atoms with E-state index in [0.29, 0.717) is 17.9 Å². The molecular weight excluding hydrogens is 292 g/mol. The summed E-state index contributed by atoms with van der Waals surface area (Å²) < 4.78 is 6.25. The van der Waals surface area contributed by atoms with Crippen LogP contribution < -0.4 is 10.1 Å². The van der Waals surface area contributed by atoms with Crippen LogP contribution in [0, 0.1) is 10.6 Å². The molecule has 0 saturated heterocycles. The molecule has 1 aromatic rings. The summed E-state index contributed by atoms with van der Waals surface area (Å²) in [4.78, 5) is 11.6. The normalized spacial score (nSPS) is 24.7. The molecule has 5 heteroatoms. The SMILES string of the molecule is COc1ccc2c(c1)[N+]([O-])=C1C2=C[C@@](C)(NC(C)=O)CC1(C)C. The summed E-state index contributed by atoms with van der Waals surface area (Å²) in [6.07, 6.45) is 2.68. The van der Waals surface area contributed by atoms with Gasteiger partial charge in [-0.15, -0.1) is 0 Å². The van der Waals surface area contributed by atoms with E-state index in [-0.39, 0.29) is 11.3 Å². The third-order valence-corrected chi connectivity index (χ3v) is 4.55. The lowest BCUT2D eigenvalue weighted by Gasteiger charge is -2.39. The molecule has 0 bridgehead atoms. The number of nitrogens with zero attached hydrogens (tertiary/aromatic N) is 1. The Morgan fingerprint density at radius 1 is 1.35 bits per heavy atom. The van der Waals surface area contributed by atoms with Gasteiger partial charge in [0, 0.05) is 6.92 Å². The minimum Gasteiger partial charge on any atom is -0.618 e. The topological polar surface area (TPSA) is 64.4 Å². The van der Waals surface area contributed by atoms with Crippen molar-refractivity contribution in [3.8, 4) is 5.75 Å². The van der Waals surface area contributed by atoms with Gasteiger partial charge in [-0.3, -0.25) is 4.79 Å². The number of carbonyl (C=O) groups excluding carboxylic acids is 1. The molecule has 0 spiro atoms. The van der Waals surface area contributed by atoms with Gasteiger partial charge < -0.3 is 15.3 Å². The van der Waals surface area contributed by atoms with Gasteiger partial charge in [0.05, 0.1) is 35.3 Å². The third kappa shape index (κ3) is 2.40. The largest absolute Gasteiger partial charge is 0.618 e. The number of nitrogens with one attached hydrogen (secondary N) is 1. The minimum atomic E-state index is -0.476. The maximum Gasteiger partial charge on any atom is 0.228 e. The Balaban J connectivity index is 2.21. The smallest absolute Gasteiger partial charge is 0.228 e. The van der Waals surface area contributed by atoms with Gasteiger partial charge in [-0.05, 0) is 45.4 Å². The van der Waals surface area contributed by atoms with Gasteiger partial charge >= 0.3 is 0 Å². The average molecular weight is 314 g/mol. The van der Waals surface area contributed by atoms with Gasteiger partial charge in [-0.1, -0.05) is 0 Å². The molecule has 0 unspecified atom stereocenters. The van der Waals surface area contributed by atoms with Crippen molar-refractivity contribution in [3.05, 3.63) is 35.0 Å². The van der Waals surface area contributed by atoms with Crippen molar-refractivity contribution in [3.63, 3.8) is 0 Å². The highest BCUT2D eigenvalue weighted by molar-refractivity contribution is 6.28. The molecule has 1 amide bonds. The number of fused-ring (bicyclic) bond motifs is 3. The molecule has 0 aromatic heterocycles. The van der Waals surface area contributed by atoms with Crippen LogP contribution in [-0.4, -0.2) is 29.0 Å². The van der Waals surface area contributed by atoms with Crippen LogP contribution in [0.2, 0.25) is 0 Å². The second-order valence-electron chi connectivity index (χ2n) is 7.24. The zero-order valence-electron chi connectivity index (χ0n) is 14.2. The Kier molecular flexibility index (Phi) is 3.29. The molecule has 0 radical (unpaired) electrons. The second-order valence-corrected chi connectivity index (χ2v) is 7.24. The molecule has 0 saturated carbocycles. The summed E-state index contributed by atoms with van der Waals surface area (Å²) >= 11 is 0. The molecule has 3 rings (SSSR count). The first kappa shape index (κ1) is 15.6. The van der Waals surface area contributed by atoms with Crippen molar-refractivity contribution in [1.82, 2.24) is 5.32 Å². The van der Waals surface area contributed by atoms with Crippen LogP contribution in [0.4, 0.5) is 5.69 Å². The molecular formula is C18H22N2O3. The molecule has 2 aliphatic rings. The molecule has 1 N–H and O–H groups in total. The van der Waals surface area contributed by atoms with Crippen molar-refractivity contribution in [2.24, 2.45) is 5.41 Å². The fourth-order valence-corrected chi connectivity index (χ4v) is 4.03. The van der Waals surface area contributed by atoms with Gasteiger partial charge in [0.1, 0.15) is 5.75 Å². The number of ether oxygens (including phenoxy) is 1. The van der Waals surface area contributed by atoms with E-state index in [2.05, 4.69) is 5.32 Å². The van der Waals surface area contributed by atoms with Gasteiger partial charge in [0.25, 0.3) is 0 Å². The maximum absolute atomic E-state index is 12.8. The lowest BCUT2D eigenvalue weighted by Crippen LogP contribution is -2.51. The number of benzene rings is 1. The minimum absolute atomic E-state index is 0.0736. The highest BCUT2D eigenvalue weighted by Crippen LogP contribution is 2.48. The Morgan fingerprint density at radius 2 is 2.04 bits per heavy atom. The third-order valence-electron chi connectivity index (χ3n) is 4.55. The predicted molar refractivity (Wildman–Crippen MR) is 89.9 cm³/mol. The summed E-state index contributed by atoms with van der Waals surface area (Å²) in [6, 6.07) is 5.53. The van der Waals surface area contributed by atoms with Crippen LogP contribution in [0.25, 0.3) is 5.57 Å². The van der Waals surface area contributed by atoms with Gasteiger partial charge in [0.15, 0.2) is 0 Å². The molecule has 1 aromatic carbocycles. The molecule has 0 fully saturated rings. The van der Waals surface area contributed by atoms with E-state index in [4.69, 9.17) is 4.74 Å². The molecule has 23 heavy (non-hydrogen) atoms. The zero-order chi connectivity index (χ0) is 17.0. The molecule has 5 nitrogen and oxygen atoms in total. The molecule has 122 valence electrons. The summed E-state index contributed by atoms with van der Waals surface area (Å²) in [6.45, 7) is 7.60. The fraction of sp³-hybridized carbons (Fsp3) is 0.444. The number of hydrogen-bond donors (Lipinski definition) is 1. The predicted octanol–water partition coefficient (Wildman–Crippen LogP) is 3.00. The van der Waals surface area contributed by atoms with Crippen molar-refractivity contribution >= 4 is 22.9 Å². The highest BCUT2D eigenvalue weighted by atomic mass is 16.5. The van der Waals surface area contributed by atoms with Crippen LogP contribution in [0.3, 0.4) is 0 Å². The first-order chi connectivity index (χ1) is 10.7. The number of hydrogen-bond acceptors (Lipinski definition) is 3. The number of methoxy groups -OCH3 is 1. The summed E-state index contributed by atoms with van der Waals surface area (Å²) in [7, 11) is 1.59. The molecule has 1 atom stereocenters. The Hall–Kier alpha value is -2.30. The van der Waals surface area contributed by atoms with Crippen molar-refractivity contribution in [2.45, 2.75) is 39.7 Å². The molecule has 1 heterocycles. The first-order valence-electron chi connectivity index (χ1n) is 7.72. The van der Waals surface area contributed by atoms with E-state index in [1.54, 1.807) is 13.2 Å². The monoisotopic (exact) mass is 314 g/mol. The van der Waals surface area contributed by atoms with Crippen molar-refractivity contribution < 1.29 is 14.3 Å². The average Bonchev–Trinajstić information content (AvgIpc) is 2.69. The van der Waals surface area contributed by atoms with E-state index in [0.717, 1.165) is 21.6 Å². The van der Waals surface area contributed by atoms with Crippen molar-refractivity contribution in [1.29, 1.82) is 0 Å². The second kappa shape index (κ2) is 4.85. The number of allylic oxidation sites excluding steroid dienone is 1. The maximum atomic E-state index is 12.8. The lowest BCUT2D eigenvalue weighted by atomic mass is 9.68. The summed E-state index contributed by atoms with van der Waals surface area (Å²) in [5, 5.41) is 15.9. The van der Waals surface area contributed by atoms with E-state index < -0.39 is 5.54 Å². The van der Waals surface area contributed by atoms with E-state index in [1.807, 2.05) is 39.0 Å². The number of carbonyl (C=O) groups is 1. The van der Waals surface area contributed by atoms with Crippen LogP contribution in [0.5, 0.6) is 5.75 Å². The lowest BCUT2D eigenvalue weighted by molar-refractivity contribution is -0.361. The van der Waals surface area contributed by atoms with Crippen LogP contribution in [0.1, 0.15) is 39.7 Å². The number of amides is 1. The highest BCUT2D eigenvalue weighted by Gasteiger charge is 2.50. The summed E-state index contributed by atoms with van der Waals surface area (Å²) in [5.74, 6) is 0.586. The van der Waals surface area contributed by atoms with Gasteiger partial charge in [-0.25, -0.2) is 0 Å². The molecule has 1 aliphatic heterocycles. The van der Waals surface area contributed by atoms with Gasteiger partial charge in [-0.2, -0.15) is 4.74 Å². The fourth-order valence-electron chi connectivity index (χ4n) is 4.03. The Morgan fingerprint density at radius 3 is 2.65 bits per heavy atom. The Bertz CT molecular complexity index is 762. The van der Waals surface area contributed by atoms with Crippen molar-refractivity contribution in [2.75, 3.05) is 7.11 Å². The molecule has 1 aliphatic carbocycles. The van der Waals surface area contributed by atoms with E-state index in [1.165, 1.54) is 6.92 Å². The van der Waals surface area contributed by atoms with Crippen LogP contribution in [-0.2, 0) is 4.79 Å². The van der Waals surface area contributed by atoms with Gasteiger partial charge in [0.2, 0.25) is 17.3 Å². The Labute approximate surface area is 136 Å². The van der Waals surface area contributed by atoms with E-state index >= 15 is 0 Å². The summed E-state index contributed by atoms with van der Waals surface area (Å²) in [5.41, 5.74) is 2.32. The van der Waals surface area contributed by atoms with Crippen LogP contribution >= 0.6 is 0 Å². The van der Waals surface area contributed by atoms with Crippen LogP contribution in [0.15, 0.2) is 24.3 Å². The zero-order valence-corrected chi connectivity index (χ0v) is 14.2. The number of rotatable bonds is 2. The van der Waals surface area contributed by atoms with E-state index in [9.17, 15) is 10.0 Å².